The van der Waals surface area contributed by atoms with Gasteiger partial charge in [0.2, 0.25) is 5.76 Å². The van der Waals surface area contributed by atoms with Crippen LogP contribution in [0.3, 0.4) is 0 Å². The fourth-order valence-corrected chi connectivity index (χ4v) is 3.03. The van der Waals surface area contributed by atoms with Crippen LogP contribution in [0.25, 0.3) is 0 Å². The smallest absolute Gasteiger partial charge is 0.292 e. The quantitative estimate of drug-likeness (QED) is 0.861. The van der Waals surface area contributed by atoms with Gasteiger partial charge in [-0.05, 0) is 26.8 Å². The maximum atomic E-state index is 12.4. The predicted molar refractivity (Wildman–Crippen MR) is 88.2 cm³/mol. The average Bonchev–Trinajstić information content (AvgIpc) is 3.12. The van der Waals surface area contributed by atoms with E-state index < -0.39 is 0 Å². The van der Waals surface area contributed by atoms with Crippen molar-refractivity contribution in [3.63, 3.8) is 0 Å². The molecule has 2 aromatic rings. The van der Waals surface area contributed by atoms with Crippen molar-refractivity contribution in [1.29, 1.82) is 0 Å². The number of amides is 1. The van der Waals surface area contributed by atoms with Crippen LogP contribution >= 0.6 is 0 Å². The van der Waals surface area contributed by atoms with E-state index in [1.807, 2.05) is 19.9 Å². The van der Waals surface area contributed by atoms with Crippen molar-refractivity contribution >= 4 is 11.7 Å². The first-order valence-corrected chi connectivity index (χ1v) is 8.08. The van der Waals surface area contributed by atoms with Gasteiger partial charge in [-0.1, -0.05) is 5.16 Å². The number of aromatic amines is 1. The van der Waals surface area contributed by atoms with Gasteiger partial charge >= 0.3 is 0 Å². The Bertz CT molecular complexity index is 754. The summed E-state index contributed by atoms with van der Waals surface area (Å²) in [6, 6.07) is 3.54. The Hall–Kier alpha value is -2.41. The Kier molecular flexibility index (Phi) is 4.53. The van der Waals surface area contributed by atoms with Crippen molar-refractivity contribution in [2.24, 2.45) is 0 Å². The number of H-pyrrole nitrogens is 1. The molecule has 1 fully saturated rings. The number of piperazine rings is 1. The first-order chi connectivity index (χ1) is 11.4. The van der Waals surface area contributed by atoms with Gasteiger partial charge in [-0.25, -0.2) is 0 Å². The van der Waals surface area contributed by atoms with Gasteiger partial charge in [-0.2, -0.15) is 0 Å². The summed E-state index contributed by atoms with van der Waals surface area (Å²) in [5, 5.41) is 3.75. The minimum atomic E-state index is -0.140. The summed E-state index contributed by atoms with van der Waals surface area (Å²) in [6.45, 7) is 8.53. The van der Waals surface area contributed by atoms with Crippen LogP contribution in [-0.2, 0) is 0 Å². The van der Waals surface area contributed by atoms with Gasteiger partial charge in [0, 0.05) is 49.2 Å². The number of aromatic nitrogens is 2. The van der Waals surface area contributed by atoms with Crippen LogP contribution in [0.5, 0.6) is 0 Å². The zero-order valence-corrected chi connectivity index (χ0v) is 14.3. The number of carbonyl (C=O) groups is 2. The van der Waals surface area contributed by atoms with Crippen LogP contribution in [0.4, 0.5) is 0 Å². The van der Waals surface area contributed by atoms with Crippen LogP contribution in [0.2, 0.25) is 0 Å². The van der Waals surface area contributed by atoms with Crippen molar-refractivity contribution < 1.29 is 14.1 Å². The fourth-order valence-electron chi connectivity index (χ4n) is 3.03. The SMILES string of the molecule is Cc1cc(C(=O)N2CCN(CC(=O)c3cc(C)[nH]c3C)CC2)on1. The Balaban J connectivity index is 1.54. The van der Waals surface area contributed by atoms with Gasteiger partial charge in [-0.3, -0.25) is 14.5 Å². The third-order valence-electron chi connectivity index (χ3n) is 4.32. The molecule has 2 aromatic heterocycles. The fraction of sp³-hybridized carbons (Fsp3) is 0.471. The molecule has 1 amide bonds. The van der Waals surface area contributed by atoms with Crippen LogP contribution in [0.1, 0.15) is 38.0 Å². The second-order valence-corrected chi connectivity index (χ2v) is 6.32. The Labute approximate surface area is 140 Å². The highest BCUT2D eigenvalue weighted by atomic mass is 16.5. The Morgan fingerprint density at radius 1 is 1.17 bits per heavy atom. The number of rotatable bonds is 4. The molecule has 0 spiro atoms. The molecule has 24 heavy (non-hydrogen) atoms. The zero-order chi connectivity index (χ0) is 17.3. The van der Waals surface area contributed by atoms with Crippen LogP contribution in [-0.4, -0.2) is 64.4 Å². The number of ketones is 1. The van der Waals surface area contributed by atoms with Crippen LogP contribution in [0, 0.1) is 20.8 Å². The van der Waals surface area contributed by atoms with Gasteiger partial charge in [0.25, 0.3) is 5.91 Å². The van der Waals surface area contributed by atoms with Gasteiger partial charge in [0.15, 0.2) is 5.78 Å². The number of carbonyl (C=O) groups excluding carboxylic acids is 2. The first kappa shape index (κ1) is 16.4. The largest absolute Gasteiger partial charge is 0.362 e. The number of aryl methyl sites for hydroxylation is 3. The summed E-state index contributed by atoms with van der Waals surface area (Å²) in [4.78, 5) is 31.7. The predicted octanol–water partition coefficient (Wildman–Crippen LogP) is 1.57. The van der Waals surface area contributed by atoms with Crippen molar-refractivity contribution in [3.05, 3.63) is 40.5 Å². The molecule has 3 rings (SSSR count). The maximum absolute atomic E-state index is 12.4. The molecule has 7 nitrogen and oxygen atoms in total. The summed E-state index contributed by atoms with van der Waals surface area (Å²) >= 11 is 0. The molecular formula is C17H22N4O3. The molecule has 0 unspecified atom stereocenters. The number of Topliss-reactive ketones (excluding diaryl/α,β-unsaturated/α-hetero) is 1. The third-order valence-corrected chi connectivity index (χ3v) is 4.32. The number of hydrogen-bond acceptors (Lipinski definition) is 5. The molecule has 0 radical (unpaired) electrons. The summed E-state index contributed by atoms with van der Waals surface area (Å²) in [7, 11) is 0. The van der Waals surface area contributed by atoms with E-state index in [2.05, 4.69) is 15.0 Å². The van der Waals surface area contributed by atoms with E-state index in [0.717, 1.165) is 17.0 Å². The molecule has 7 heteroatoms. The lowest BCUT2D eigenvalue weighted by Crippen LogP contribution is -2.49. The monoisotopic (exact) mass is 330 g/mol. The number of nitrogens with one attached hydrogen (secondary N) is 1. The molecule has 0 bridgehead atoms. The van der Waals surface area contributed by atoms with Crippen molar-refractivity contribution in [2.75, 3.05) is 32.7 Å². The van der Waals surface area contributed by atoms with Crippen molar-refractivity contribution in [2.45, 2.75) is 20.8 Å². The van der Waals surface area contributed by atoms with E-state index in [1.165, 1.54) is 0 Å². The van der Waals surface area contributed by atoms with E-state index in [0.29, 0.717) is 38.4 Å². The molecule has 1 aliphatic rings. The first-order valence-electron chi connectivity index (χ1n) is 8.08. The summed E-state index contributed by atoms with van der Waals surface area (Å²) < 4.78 is 5.03. The lowest BCUT2D eigenvalue weighted by atomic mass is 10.1. The highest BCUT2D eigenvalue weighted by Crippen LogP contribution is 2.13. The normalized spacial score (nSPS) is 15.7. The molecule has 1 aliphatic heterocycles. The molecule has 1 N–H and O–H groups in total. The van der Waals surface area contributed by atoms with Gasteiger partial charge in [-0.15, -0.1) is 0 Å². The lowest BCUT2D eigenvalue weighted by molar-refractivity contribution is 0.0587. The summed E-state index contributed by atoms with van der Waals surface area (Å²) in [5.41, 5.74) is 3.35. The summed E-state index contributed by atoms with van der Waals surface area (Å²) in [5.74, 6) is 0.247. The minimum absolute atomic E-state index is 0.113. The molecule has 0 atom stereocenters. The highest BCUT2D eigenvalue weighted by Gasteiger charge is 2.26. The van der Waals surface area contributed by atoms with E-state index in [9.17, 15) is 9.59 Å². The molecule has 3 heterocycles. The molecule has 128 valence electrons. The average molecular weight is 330 g/mol. The van der Waals surface area contributed by atoms with E-state index in [-0.39, 0.29) is 17.5 Å². The van der Waals surface area contributed by atoms with E-state index in [4.69, 9.17) is 4.52 Å². The van der Waals surface area contributed by atoms with Crippen LogP contribution in [0.15, 0.2) is 16.7 Å². The Morgan fingerprint density at radius 2 is 1.88 bits per heavy atom. The van der Waals surface area contributed by atoms with Gasteiger partial charge in [0.05, 0.1) is 12.2 Å². The van der Waals surface area contributed by atoms with Crippen molar-refractivity contribution in [3.8, 4) is 0 Å². The van der Waals surface area contributed by atoms with Crippen LogP contribution < -0.4 is 0 Å². The lowest BCUT2D eigenvalue weighted by Gasteiger charge is -2.33. The molecule has 0 aliphatic carbocycles. The standard InChI is InChI=1S/C17H22N4O3/c1-11-8-14(13(3)18-11)15(22)10-20-4-6-21(7-5-20)17(23)16-9-12(2)19-24-16/h8-9,18H,4-7,10H2,1-3H3. The van der Waals surface area contributed by atoms with Crippen molar-refractivity contribution in [1.82, 2.24) is 19.9 Å². The molecule has 1 saturated heterocycles. The molecule has 0 saturated carbocycles. The van der Waals surface area contributed by atoms with Gasteiger partial charge in [0.1, 0.15) is 0 Å². The minimum Gasteiger partial charge on any atom is -0.362 e. The third kappa shape index (κ3) is 3.41. The topological polar surface area (TPSA) is 82.4 Å². The molecular weight excluding hydrogens is 308 g/mol. The number of hydrogen-bond donors (Lipinski definition) is 1. The maximum Gasteiger partial charge on any atom is 0.292 e. The second kappa shape index (κ2) is 6.60. The second-order valence-electron chi connectivity index (χ2n) is 6.32. The summed E-state index contributed by atoms with van der Waals surface area (Å²) in [6.07, 6.45) is 0. The van der Waals surface area contributed by atoms with E-state index in [1.54, 1.807) is 17.9 Å². The van der Waals surface area contributed by atoms with Gasteiger partial charge < -0.3 is 14.4 Å². The molecule has 0 aromatic carbocycles. The highest BCUT2D eigenvalue weighted by molar-refractivity contribution is 5.99. The zero-order valence-electron chi connectivity index (χ0n) is 14.3. The Morgan fingerprint density at radius 3 is 2.42 bits per heavy atom. The number of nitrogens with zero attached hydrogens (tertiary/aromatic N) is 3. The van der Waals surface area contributed by atoms with E-state index >= 15 is 0 Å².